The molecule has 0 nitrogen and oxygen atoms in total. The molecule has 0 radical (unpaired) electrons. The van der Waals surface area contributed by atoms with E-state index in [1.165, 1.54) is 44.1 Å². The molecule has 88 valence electrons. The second kappa shape index (κ2) is 4.61. The van der Waals surface area contributed by atoms with Gasteiger partial charge in [-0.05, 0) is 49.1 Å². The average Bonchev–Trinajstić information content (AvgIpc) is 2.59. The summed E-state index contributed by atoms with van der Waals surface area (Å²) in [7, 11) is 0. The fraction of sp³-hybridized carbons (Fsp3) is 0.625. The number of aryl methyl sites for hydroxylation is 2. The molecule has 0 amide bonds. The maximum atomic E-state index is 2.45. The Morgan fingerprint density at radius 1 is 1.12 bits per heavy atom. The van der Waals surface area contributed by atoms with Crippen molar-refractivity contribution in [2.24, 2.45) is 0 Å². The monoisotopic (exact) mass is 216 g/mol. The van der Waals surface area contributed by atoms with E-state index in [9.17, 15) is 0 Å². The zero-order valence-corrected chi connectivity index (χ0v) is 11.0. The average molecular weight is 216 g/mol. The second-order valence-electron chi connectivity index (χ2n) is 5.44. The SMILES string of the molecule is CCCC1(CCC)CCc2ccc(C)cc21. The lowest BCUT2D eigenvalue weighted by atomic mass is 9.74. The summed E-state index contributed by atoms with van der Waals surface area (Å²) in [5, 5.41) is 0. The third kappa shape index (κ3) is 1.90. The molecule has 0 fully saturated rings. The maximum Gasteiger partial charge on any atom is -0.00412 e. The van der Waals surface area contributed by atoms with Gasteiger partial charge in [-0.2, -0.15) is 0 Å². The zero-order chi connectivity index (χ0) is 11.6. The number of rotatable bonds is 4. The van der Waals surface area contributed by atoms with Gasteiger partial charge >= 0.3 is 0 Å². The van der Waals surface area contributed by atoms with Crippen LogP contribution in [0.1, 0.15) is 62.6 Å². The van der Waals surface area contributed by atoms with Crippen molar-refractivity contribution in [3.05, 3.63) is 34.9 Å². The molecule has 2 rings (SSSR count). The Morgan fingerprint density at radius 3 is 2.44 bits per heavy atom. The Kier molecular flexibility index (Phi) is 3.37. The molecule has 1 aromatic rings. The number of hydrogen-bond donors (Lipinski definition) is 0. The van der Waals surface area contributed by atoms with E-state index in [4.69, 9.17) is 0 Å². The van der Waals surface area contributed by atoms with Crippen LogP contribution in [0, 0.1) is 6.92 Å². The molecule has 0 heterocycles. The summed E-state index contributed by atoms with van der Waals surface area (Å²) >= 11 is 0. The van der Waals surface area contributed by atoms with Gasteiger partial charge in [0.1, 0.15) is 0 Å². The van der Waals surface area contributed by atoms with E-state index < -0.39 is 0 Å². The van der Waals surface area contributed by atoms with Crippen molar-refractivity contribution < 1.29 is 0 Å². The van der Waals surface area contributed by atoms with Crippen LogP contribution in [0.15, 0.2) is 18.2 Å². The van der Waals surface area contributed by atoms with E-state index >= 15 is 0 Å². The first kappa shape index (κ1) is 11.7. The van der Waals surface area contributed by atoms with Crippen LogP contribution in [-0.2, 0) is 11.8 Å². The molecular formula is C16H24. The lowest BCUT2D eigenvalue weighted by Crippen LogP contribution is -2.22. The van der Waals surface area contributed by atoms with Gasteiger partial charge in [0, 0.05) is 0 Å². The lowest BCUT2D eigenvalue weighted by molar-refractivity contribution is 0.354. The third-order valence-corrected chi connectivity index (χ3v) is 4.17. The van der Waals surface area contributed by atoms with Crippen molar-refractivity contribution in [3.8, 4) is 0 Å². The molecule has 0 aliphatic heterocycles. The van der Waals surface area contributed by atoms with Crippen LogP contribution in [0.2, 0.25) is 0 Å². The van der Waals surface area contributed by atoms with Crippen molar-refractivity contribution in [2.45, 2.75) is 64.7 Å². The van der Waals surface area contributed by atoms with Crippen LogP contribution in [0.5, 0.6) is 0 Å². The quantitative estimate of drug-likeness (QED) is 0.679. The van der Waals surface area contributed by atoms with E-state index in [2.05, 4.69) is 39.0 Å². The van der Waals surface area contributed by atoms with Gasteiger partial charge in [-0.3, -0.25) is 0 Å². The standard InChI is InChI=1S/C16H24/c1-4-9-16(10-5-2)11-8-14-7-6-13(3)12-15(14)16/h6-7,12H,4-5,8-11H2,1-3H3. The third-order valence-electron chi connectivity index (χ3n) is 4.17. The van der Waals surface area contributed by atoms with Gasteiger partial charge in [-0.1, -0.05) is 50.5 Å². The van der Waals surface area contributed by atoms with E-state index in [1.807, 2.05) is 0 Å². The molecule has 0 bridgehead atoms. The Labute approximate surface area is 100 Å². The summed E-state index contributed by atoms with van der Waals surface area (Å²) in [5.74, 6) is 0. The highest BCUT2D eigenvalue weighted by Crippen LogP contribution is 2.45. The predicted molar refractivity (Wildman–Crippen MR) is 71.0 cm³/mol. The number of fused-ring (bicyclic) bond motifs is 1. The summed E-state index contributed by atoms with van der Waals surface area (Å²) in [6.07, 6.45) is 8.05. The first-order chi connectivity index (χ1) is 7.72. The Balaban J connectivity index is 2.40. The van der Waals surface area contributed by atoms with Crippen molar-refractivity contribution >= 4 is 0 Å². The van der Waals surface area contributed by atoms with Crippen molar-refractivity contribution in [2.75, 3.05) is 0 Å². The van der Waals surface area contributed by atoms with Gasteiger partial charge in [0.05, 0.1) is 0 Å². The van der Waals surface area contributed by atoms with Crippen LogP contribution < -0.4 is 0 Å². The molecule has 0 heteroatoms. The van der Waals surface area contributed by atoms with Crippen LogP contribution in [0.3, 0.4) is 0 Å². The summed E-state index contributed by atoms with van der Waals surface area (Å²) < 4.78 is 0. The molecule has 0 unspecified atom stereocenters. The largest absolute Gasteiger partial charge is 0.0654 e. The Bertz CT molecular complexity index is 351. The van der Waals surface area contributed by atoms with Crippen molar-refractivity contribution in [1.29, 1.82) is 0 Å². The van der Waals surface area contributed by atoms with Crippen LogP contribution in [-0.4, -0.2) is 0 Å². The first-order valence-corrected chi connectivity index (χ1v) is 6.82. The molecule has 1 aliphatic carbocycles. The highest BCUT2D eigenvalue weighted by molar-refractivity contribution is 5.41. The fourth-order valence-electron chi connectivity index (χ4n) is 3.51. The number of benzene rings is 1. The Hall–Kier alpha value is -0.780. The van der Waals surface area contributed by atoms with Crippen molar-refractivity contribution in [3.63, 3.8) is 0 Å². The molecule has 1 aromatic carbocycles. The molecule has 16 heavy (non-hydrogen) atoms. The fourth-order valence-corrected chi connectivity index (χ4v) is 3.51. The Morgan fingerprint density at radius 2 is 1.81 bits per heavy atom. The summed E-state index contributed by atoms with van der Waals surface area (Å²) in [6, 6.07) is 7.08. The minimum atomic E-state index is 0.519. The second-order valence-corrected chi connectivity index (χ2v) is 5.44. The van der Waals surface area contributed by atoms with Gasteiger partial charge in [-0.15, -0.1) is 0 Å². The van der Waals surface area contributed by atoms with Crippen LogP contribution >= 0.6 is 0 Å². The predicted octanol–water partition coefficient (Wildman–Crippen LogP) is 4.78. The highest BCUT2D eigenvalue weighted by atomic mass is 14.4. The highest BCUT2D eigenvalue weighted by Gasteiger charge is 2.36. The van der Waals surface area contributed by atoms with Crippen LogP contribution in [0.25, 0.3) is 0 Å². The van der Waals surface area contributed by atoms with Gasteiger partial charge < -0.3 is 0 Å². The molecule has 0 saturated heterocycles. The summed E-state index contributed by atoms with van der Waals surface area (Å²) in [6.45, 7) is 6.87. The van der Waals surface area contributed by atoms with E-state index in [0.29, 0.717) is 5.41 Å². The molecule has 1 aliphatic rings. The smallest absolute Gasteiger partial charge is 0.00412 e. The maximum absolute atomic E-state index is 2.45. The molecule has 0 saturated carbocycles. The number of hydrogen-bond acceptors (Lipinski definition) is 0. The van der Waals surface area contributed by atoms with Gasteiger partial charge in [0.15, 0.2) is 0 Å². The summed E-state index contributed by atoms with van der Waals surface area (Å²) in [4.78, 5) is 0. The molecule has 0 spiro atoms. The normalized spacial score (nSPS) is 17.4. The van der Waals surface area contributed by atoms with E-state index in [0.717, 1.165) is 0 Å². The molecular weight excluding hydrogens is 192 g/mol. The topological polar surface area (TPSA) is 0 Å². The van der Waals surface area contributed by atoms with E-state index in [1.54, 1.807) is 11.1 Å². The minimum Gasteiger partial charge on any atom is -0.0654 e. The molecule has 0 aromatic heterocycles. The molecule has 0 atom stereocenters. The zero-order valence-electron chi connectivity index (χ0n) is 11.0. The van der Waals surface area contributed by atoms with Crippen molar-refractivity contribution in [1.82, 2.24) is 0 Å². The lowest BCUT2D eigenvalue weighted by Gasteiger charge is -2.30. The minimum absolute atomic E-state index is 0.519. The van der Waals surface area contributed by atoms with Gasteiger partial charge in [0.2, 0.25) is 0 Å². The van der Waals surface area contributed by atoms with E-state index in [-0.39, 0.29) is 0 Å². The van der Waals surface area contributed by atoms with Gasteiger partial charge in [-0.25, -0.2) is 0 Å². The van der Waals surface area contributed by atoms with Crippen LogP contribution in [0.4, 0.5) is 0 Å². The van der Waals surface area contributed by atoms with Gasteiger partial charge in [0.25, 0.3) is 0 Å². The summed E-state index contributed by atoms with van der Waals surface area (Å²) in [5.41, 5.74) is 5.24. The first-order valence-electron chi connectivity index (χ1n) is 6.82. The molecule has 0 N–H and O–H groups in total.